The molecule has 0 saturated carbocycles. The van der Waals surface area contributed by atoms with Gasteiger partial charge in [0, 0.05) is 0 Å². The van der Waals surface area contributed by atoms with Crippen LogP contribution in [0.5, 0.6) is 0 Å². The quantitative estimate of drug-likeness (QED) is 0.907. The number of hydrogen-bond acceptors (Lipinski definition) is 4. The summed E-state index contributed by atoms with van der Waals surface area (Å²) >= 11 is 3.26. The smallest absolute Gasteiger partial charge is 0.145 e. The maximum Gasteiger partial charge on any atom is 0.145 e. The molecular weight excluding hydrogens is 282 g/mol. The first-order valence-corrected chi connectivity index (χ1v) is 5.95. The predicted molar refractivity (Wildman–Crippen MR) is 69.5 cm³/mol. The van der Waals surface area contributed by atoms with Gasteiger partial charge in [-0.25, -0.2) is 9.97 Å². The summed E-state index contributed by atoms with van der Waals surface area (Å²) < 4.78 is 0.607. The molecule has 0 saturated heterocycles. The third-order valence-electron chi connectivity index (χ3n) is 2.51. The van der Waals surface area contributed by atoms with Gasteiger partial charge in [0.15, 0.2) is 0 Å². The first kappa shape index (κ1) is 12.0. The molecule has 0 bridgehead atoms. The van der Waals surface area contributed by atoms with Crippen LogP contribution in [-0.4, -0.2) is 21.7 Å². The lowest BCUT2D eigenvalue weighted by Gasteiger charge is -2.15. The van der Waals surface area contributed by atoms with E-state index >= 15 is 0 Å². The number of benzene rings is 1. The van der Waals surface area contributed by atoms with Gasteiger partial charge < -0.3 is 10.8 Å². The molecule has 0 aliphatic carbocycles. The lowest BCUT2D eigenvalue weighted by Crippen LogP contribution is -2.12. The molecule has 1 atom stereocenters. The first-order chi connectivity index (χ1) is 8.22. The van der Waals surface area contributed by atoms with Crippen molar-refractivity contribution in [1.82, 2.24) is 9.97 Å². The van der Waals surface area contributed by atoms with Crippen LogP contribution in [0.3, 0.4) is 0 Å². The van der Waals surface area contributed by atoms with Crippen molar-refractivity contribution in [2.45, 2.75) is 5.92 Å². The largest absolute Gasteiger partial charge is 0.395 e. The summed E-state index contributed by atoms with van der Waals surface area (Å²) in [5, 5.41) is 9.51. The van der Waals surface area contributed by atoms with Crippen molar-refractivity contribution in [3.63, 3.8) is 0 Å². The number of rotatable bonds is 3. The fourth-order valence-electron chi connectivity index (χ4n) is 1.68. The minimum Gasteiger partial charge on any atom is -0.395 e. The summed E-state index contributed by atoms with van der Waals surface area (Å²) in [7, 11) is 0. The van der Waals surface area contributed by atoms with E-state index < -0.39 is 0 Å². The van der Waals surface area contributed by atoms with Crippen LogP contribution in [0.1, 0.15) is 17.2 Å². The number of aromatic nitrogens is 2. The van der Waals surface area contributed by atoms with Crippen LogP contribution in [0.2, 0.25) is 0 Å². The Bertz CT molecular complexity index is 504. The highest BCUT2D eigenvalue weighted by molar-refractivity contribution is 9.10. The predicted octanol–water partition coefficient (Wildman–Crippen LogP) is 1.95. The Kier molecular flexibility index (Phi) is 3.71. The van der Waals surface area contributed by atoms with Gasteiger partial charge in [0.25, 0.3) is 0 Å². The molecule has 1 aromatic carbocycles. The van der Waals surface area contributed by atoms with Gasteiger partial charge in [0.1, 0.15) is 10.4 Å². The molecule has 3 N–H and O–H groups in total. The third-order valence-corrected chi connectivity index (χ3v) is 2.90. The Balaban J connectivity index is 2.46. The first-order valence-electron chi connectivity index (χ1n) is 5.16. The molecule has 4 nitrogen and oxygen atoms in total. The number of aliphatic hydroxyl groups excluding tert-OH is 1. The van der Waals surface area contributed by atoms with Gasteiger partial charge in [-0.2, -0.15) is 0 Å². The molecule has 1 aromatic heterocycles. The number of halogens is 1. The van der Waals surface area contributed by atoms with Gasteiger partial charge in [-0.05, 0) is 21.5 Å². The normalized spacial score (nSPS) is 12.4. The Labute approximate surface area is 108 Å². The van der Waals surface area contributed by atoms with E-state index in [2.05, 4.69) is 25.9 Å². The highest BCUT2D eigenvalue weighted by atomic mass is 79.9. The molecule has 17 heavy (non-hydrogen) atoms. The zero-order chi connectivity index (χ0) is 12.3. The van der Waals surface area contributed by atoms with E-state index in [0.717, 1.165) is 5.56 Å². The lowest BCUT2D eigenvalue weighted by atomic mass is 9.96. The average Bonchev–Trinajstić information content (AvgIpc) is 2.36. The van der Waals surface area contributed by atoms with Gasteiger partial charge in [0.05, 0.1) is 24.4 Å². The second kappa shape index (κ2) is 5.25. The second-order valence-electron chi connectivity index (χ2n) is 3.61. The maximum absolute atomic E-state index is 9.51. The van der Waals surface area contributed by atoms with E-state index in [-0.39, 0.29) is 12.5 Å². The molecule has 5 heteroatoms. The van der Waals surface area contributed by atoms with Crippen molar-refractivity contribution in [1.29, 1.82) is 0 Å². The summed E-state index contributed by atoms with van der Waals surface area (Å²) in [4.78, 5) is 8.32. The molecule has 0 spiro atoms. The van der Waals surface area contributed by atoms with Crippen molar-refractivity contribution in [3.8, 4) is 0 Å². The van der Waals surface area contributed by atoms with E-state index in [1.807, 2.05) is 30.3 Å². The summed E-state index contributed by atoms with van der Waals surface area (Å²) in [5.41, 5.74) is 7.36. The van der Waals surface area contributed by atoms with E-state index in [0.29, 0.717) is 16.1 Å². The van der Waals surface area contributed by atoms with Gasteiger partial charge in [-0.1, -0.05) is 30.3 Å². The number of nitrogen functional groups attached to an aromatic ring is 1. The number of aliphatic hydroxyl groups is 1. The van der Waals surface area contributed by atoms with Crippen molar-refractivity contribution in [2.75, 3.05) is 12.3 Å². The molecule has 0 unspecified atom stereocenters. The van der Waals surface area contributed by atoms with Gasteiger partial charge in [0.2, 0.25) is 0 Å². The SMILES string of the molecule is Nc1ncc(Br)nc1[C@@H](CO)c1ccccc1. The van der Waals surface area contributed by atoms with Crippen LogP contribution in [0.4, 0.5) is 5.82 Å². The van der Waals surface area contributed by atoms with Crippen molar-refractivity contribution >= 4 is 21.7 Å². The van der Waals surface area contributed by atoms with Crippen LogP contribution in [-0.2, 0) is 0 Å². The molecule has 0 aliphatic heterocycles. The Morgan fingerprint density at radius 1 is 1.29 bits per heavy atom. The van der Waals surface area contributed by atoms with Crippen molar-refractivity contribution in [2.24, 2.45) is 0 Å². The Morgan fingerprint density at radius 2 is 2.00 bits per heavy atom. The monoisotopic (exact) mass is 293 g/mol. The fourth-order valence-corrected chi connectivity index (χ4v) is 1.98. The Hall–Kier alpha value is -1.46. The molecule has 0 radical (unpaired) electrons. The second-order valence-corrected chi connectivity index (χ2v) is 4.42. The maximum atomic E-state index is 9.51. The van der Waals surface area contributed by atoms with E-state index in [1.165, 1.54) is 6.20 Å². The van der Waals surface area contributed by atoms with Crippen LogP contribution in [0, 0.1) is 0 Å². The fraction of sp³-hybridized carbons (Fsp3) is 0.167. The molecule has 0 amide bonds. The third kappa shape index (κ3) is 2.62. The minimum atomic E-state index is -0.249. The average molecular weight is 294 g/mol. The summed E-state index contributed by atoms with van der Waals surface area (Å²) in [5.74, 6) is 0.0947. The van der Waals surface area contributed by atoms with Crippen LogP contribution in [0.25, 0.3) is 0 Å². The van der Waals surface area contributed by atoms with Crippen LogP contribution in [0.15, 0.2) is 41.1 Å². The number of anilines is 1. The topological polar surface area (TPSA) is 72.0 Å². The summed E-state index contributed by atoms with van der Waals surface area (Å²) in [6.07, 6.45) is 1.54. The number of nitrogens with zero attached hydrogens (tertiary/aromatic N) is 2. The lowest BCUT2D eigenvalue weighted by molar-refractivity contribution is 0.279. The van der Waals surface area contributed by atoms with Crippen molar-refractivity contribution < 1.29 is 5.11 Å². The standard InChI is InChI=1S/C12H12BrN3O/c13-10-6-15-12(14)11(16-10)9(7-17)8-4-2-1-3-5-8/h1-6,9,17H,7H2,(H2,14,15)/t9-/m0/s1. The van der Waals surface area contributed by atoms with Gasteiger partial charge in [-0.3, -0.25) is 0 Å². The molecule has 2 aromatic rings. The minimum absolute atomic E-state index is 0.0562. The van der Waals surface area contributed by atoms with E-state index in [9.17, 15) is 5.11 Å². The van der Waals surface area contributed by atoms with Gasteiger partial charge >= 0.3 is 0 Å². The molecule has 2 rings (SSSR count). The molecular formula is C12H12BrN3O. The zero-order valence-electron chi connectivity index (χ0n) is 9.05. The van der Waals surface area contributed by atoms with Crippen LogP contribution >= 0.6 is 15.9 Å². The molecule has 0 fully saturated rings. The van der Waals surface area contributed by atoms with Crippen molar-refractivity contribution in [3.05, 3.63) is 52.4 Å². The summed E-state index contributed by atoms with van der Waals surface area (Å²) in [6, 6.07) is 9.62. The van der Waals surface area contributed by atoms with Crippen LogP contribution < -0.4 is 5.73 Å². The molecule has 0 aliphatic rings. The van der Waals surface area contributed by atoms with Gasteiger partial charge in [-0.15, -0.1) is 0 Å². The molecule has 1 heterocycles. The Morgan fingerprint density at radius 3 is 2.65 bits per heavy atom. The number of nitrogens with two attached hydrogens (primary N) is 1. The number of hydrogen-bond donors (Lipinski definition) is 2. The zero-order valence-corrected chi connectivity index (χ0v) is 10.6. The highest BCUT2D eigenvalue weighted by Gasteiger charge is 2.18. The molecule has 88 valence electrons. The van der Waals surface area contributed by atoms with E-state index in [4.69, 9.17) is 5.73 Å². The van der Waals surface area contributed by atoms with E-state index in [1.54, 1.807) is 0 Å². The summed E-state index contributed by atoms with van der Waals surface area (Å²) in [6.45, 7) is -0.0562. The highest BCUT2D eigenvalue weighted by Crippen LogP contribution is 2.26.